The Balaban J connectivity index is 0.000000591. The van der Waals surface area contributed by atoms with Gasteiger partial charge in [-0.1, -0.05) is 44.4 Å². The number of nitrogens with zero attached hydrogens (tertiary/aromatic N) is 4. The fourth-order valence-electron chi connectivity index (χ4n) is 5.15. The fourth-order valence-corrected chi connectivity index (χ4v) is 5.15. The molecule has 6 rings (SSSR count). The number of hydrogen-bond acceptors (Lipinski definition) is 8. The van der Waals surface area contributed by atoms with E-state index in [0.29, 0.717) is 23.2 Å². The summed E-state index contributed by atoms with van der Waals surface area (Å²) in [4.78, 5) is 39.9. The van der Waals surface area contributed by atoms with Gasteiger partial charge in [-0.2, -0.15) is 4.98 Å². The predicted octanol–water partition coefficient (Wildman–Crippen LogP) is 3.83. The van der Waals surface area contributed by atoms with Gasteiger partial charge in [-0.25, -0.2) is 9.97 Å². The lowest BCUT2D eigenvalue weighted by atomic mass is 10.0. The number of anilines is 3. The first-order valence-corrected chi connectivity index (χ1v) is 15.7. The van der Waals surface area contributed by atoms with Gasteiger partial charge < -0.3 is 32.1 Å². The number of aromatic nitrogens is 3. The van der Waals surface area contributed by atoms with E-state index in [1.807, 2.05) is 24.3 Å². The minimum Gasteiger partial charge on any atom is -0.412 e. The maximum Gasteiger partial charge on any atom is 0.256 e. The maximum absolute atomic E-state index is 12.6. The van der Waals surface area contributed by atoms with Crippen LogP contribution in [0, 0.1) is 11.8 Å². The van der Waals surface area contributed by atoms with E-state index in [1.54, 1.807) is 18.3 Å². The Labute approximate surface area is 265 Å². The number of amides is 2. The second-order valence-corrected chi connectivity index (χ2v) is 11.8. The Bertz CT molecular complexity index is 1470. The number of nitrogen functional groups attached to an aromatic ring is 1. The number of carbonyl (C=O) groups is 2. The second kappa shape index (κ2) is 16.5. The molecule has 1 aromatic carbocycles. The Morgan fingerprint density at radius 2 is 1.47 bits per heavy atom. The van der Waals surface area contributed by atoms with Gasteiger partial charge in [0, 0.05) is 41.3 Å². The first-order chi connectivity index (χ1) is 21.4. The molecule has 238 valence electrons. The van der Waals surface area contributed by atoms with Crippen LogP contribution in [-0.2, 0) is 0 Å². The van der Waals surface area contributed by atoms with Gasteiger partial charge >= 0.3 is 0 Å². The lowest BCUT2D eigenvalue weighted by Crippen LogP contribution is -2.43. The minimum atomic E-state index is -0.255. The van der Waals surface area contributed by atoms with Gasteiger partial charge in [0.1, 0.15) is 11.5 Å². The average Bonchev–Trinajstić information content (AvgIpc) is 3.87. The number of pyridine rings is 1. The zero-order chi connectivity index (χ0) is 30.7. The Morgan fingerprint density at radius 1 is 0.844 bits per heavy atom. The molecular weight excluding hydrogens is 568 g/mol. The highest BCUT2D eigenvalue weighted by Gasteiger charge is 2.24. The number of carbonyl (C=O) groups excluding carboxylic acids is 2. The minimum absolute atomic E-state index is 0. The summed E-state index contributed by atoms with van der Waals surface area (Å²) in [5.74, 6) is 6.14. The first-order valence-electron chi connectivity index (χ1n) is 15.7. The SMILES string of the molecule is C1CCCCC1.CN1CCC(NC(=O)c2cnc(Nc3ccc(C#Cc4cc(C(=O)NC5CC5)ccn4)cc3)nc2N)CC1.O. The molecule has 3 aliphatic rings. The second-order valence-electron chi connectivity index (χ2n) is 11.8. The number of nitrogens with one attached hydrogen (secondary N) is 3. The number of hydrogen-bond donors (Lipinski definition) is 4. The average molecular weight is 613 g/mol. The van der Waals surface area contributed by atoms with Crippen molar-refractivity contribution in [2.45, 2.75) is 76.3 Å². The van der Waals surface area contributed by atoms with Crippen LogP contribution in [0.25, 0.3) is 0 Å². The highest BCUT2D eigenvalue weighted by atomic mass is 16.2. The molecule has 3 heterocycles. The zero-order valence-corrected chi connectivity index (χ0v) is 25.9. The Morgan fingerprint density at radius 3 is 2.09 bits per heavy atom. The smallest absolute Gasteiger partial charge is 0.256 e. The summed E-state index contributed by atoms with van der Waals surface area (Å²) in [6, 6.07) is 11.2. The van der Waals surface area contributed by atoms with Gasteiger partial charge in [-0.05, 0) is 88.1 Å². The van der Waals surface area contributed by atoms with Crippen LogP contribution in [0.5, 0.6) is 0 Å². The number of nitrogens with two attached hydrogens (primary N) is 1. The zero-order valence-electron chi connectivity index (χ0n) is 25.9. The molecule has 1 aliphatic heterocycles. The largest absolute Gasteiger partial charge is 0.412 e. The maximum atomic E-state index is 12.6. The van der Waals surface area contributed by atoms with Crippen LogP contribution in [0.1, 0.15) is 96.2 Å². The van der Waals surface area contributed by atoms with Crippen molar-refractivity contribution in [3.63, 3.8) is 0 Å². The molecule has 3 aromatic rings. The molecule has 45 heavy (non-hydrogen) atoms. The van der Waals surface area contributed by atoms with Gasteiger partial charge in [-0.3, -0.25) is 9.59 Å². The van der Waals surface area contributed by atoms with Crippen LogP contribution in [-0.4, -0.2) is 69.4 Å². The lowest BCUT2D eigenvalue weighted by molar-refractivity contribution is 0.0915. The Kier molecular flexibility index (Phi) is 12.2. The number of rotatable bonds is 6. The number of likely N-dealkylation sites (tertiary alicyclic amines) is 1. The summed E-state index contributed by atoms with van der Waals surface area (Å²) in [5.41, 5.74) is 8.95. The van der Waals surface area contributed by atoms with Crippen LogP contribution < -0.4 is 21.7 Å². The van der Waals surface area contributed by atoms with Crippen LogP contribution in [0.4, 0.5) is 17.5 Å². The van der Waals surface area contributed by atoms with Gasteiger partial charge in [0.2, 0.25) is 5.95 Å². The molecule has 2 saturated carbocycles. The molecule has 3 fully saturated rings. The molecule has 2 aromatic heterocycles. The third-order valence-electron chi connectivity index (χ3n) is 8.03. The molecule has 2 amide bonds. The summed E-state index contributed by atoms with van der Waals surface area (Å²) in [6.45, 7) is 1.90. The van der Waals surface area contributed by atoms with E-state index < -0.39 is 0 Å². The molecule has 11 heteroatoms. The fraction of sp³-hybridized carbons (Fsp3) is 0.441. The highest BCUT2D eigenvalue weighted by Crippen LogP contribution is 2.20. The third-order valence-corrected chi connectivity index (χ3v) is 8.03. The summed E-state index contributed by atoms with van der Waals surface area (Å²) in [5, 5.41) is 9.09. The first kappa shape index (κ1) is 33.4. The van der Waals surface area contributed by atoms with Gasteiger partial charge in [-0.15, -0.1) is 0 Å². The van der Waals surface area contributed by atoms with E-state index in [9.17, 15) is 9.59 Å². The van der Waals surface area contributed by atoms with E-state index in [0.717, 1.165) is 50.0 Å². The molecule has 0 radical (unpaired) electrons. The van der Waals surface area contributed by atoms with E-state index in [1.165, 1.54) is 44.7 Å². The van der Waals surface area contributed by atoms with Crippen LogP contribution in [0.3, 0.4) is 0 Å². The van der Waals surface area contributed by atoms with Crippen molar-refractivity contribution in [2.24, 2.45) is 0 Å². The molecule has 0 atom stereocenters. The molecule has 0 bridgehead atoms. The van der Waals surface area contributed by atoms with Crippen LogP contribution in [0.2, 0.25) is 0 Å². The molecule has 0 unspecified atom stereocenters. The van der Waals surface area contributed by atoms with E-state index >= 15 is 0 Å². The van der Waals surface area contributed by atoms with Gasteiger partial charge in [0.25, 0.3) is 11.8 Å². The molecule has 2 aliphatic carbocycles. The summed E-state index contributed by atoms with van der Waals surface area (Å²) in [6.07, 6.45) is 15.9. The lowest BCUT2D eigenvalue weighted by Gasteiger charge is -2.29. The highest BCUT2D eigenvalue weighted by molar-refractivity contribution is 5.98. The molecular formula is C34H44N8O3. The van der Waals surface area contributed by atoms with Crippen LogP contribution >= 0.6 is 0 Å². The monoisotopic (exact) mass is 612 g/mol. The van der Waals surface area contributed by atoms with E-state index in [2.05, 4.69) is 54.7 Å². The predicted molar refractivity (Wildman–Crippen MR) is 176 cm³/mol. The third kappa shape index (κ3) is 10.6. The van der Waals surface area contributed by atoms with Crippen molar-refractivity contribution in [3.8, 4) is 11.8 Å². The van der Waals surface area contributed by atoms with E-state index in [4.69, 9.17) is 5.73 Å². The van der Waals surface area contributed by atoms with Crippen molar-refractivity contribution in [2.75, 3.05) is 31.2 Å². The van der Waals surface area contributed by atoms with Crippen LogP contribution in [0.15, 0.2) is 48.8 Å². The van der Waals surface area contributed by atoms with Gasteiger partial charge in [0.05, 0.1) is 5.56 Å². The molecule has 0 spiro atoms. The van der Waals surface area contributed by atoms with E-state index in [-0.39, 0.29) is 34.7 Å². The van der Waals surface area contributed by atoms with Gasteiger partial charge in [0.15, 0.2) is 0 Å². The number of piperidine rings is 1. The normalized spacial score (nSPS) is 16.5. The Hall–Kier alpha value is -4.53. The quantitative estimate of drug-likeness (QED) is 0.304. The van der Waals surface area contributed by atoms with Crippen molar-refractivity contribution in [1.82, 2.24) is 30.5 Å². The summed E-state index contributed by atoms with van der Waals surface area (Å²) >= 11 is 0. The topological polar surface area (TPSA) is 170 Å². The van der Waals surface area contributed by atoms with Crippen molar-refractivity contribution >= 4 is 29.3 Å². The molecule has 11 nitrogen and oxygen atoms in total. The summed E-state index contributed by atoms with van der Waals surface area (Å²) < 4.78 is 0. The van der Waals surface area contributed by atoms with Crippen molar-refractivity contribution < 1.29 is 15.1 Å². The van der Waals surface area contributed by atoms with Crippen molar-refractivity contribution in [3.05, 3.63) is 71.2 Å². The molecule has 1 saturated heterocycles. The summed E-state index contributed by atoms with van der Waals surface area (Å²) in [7, 11) is 2.08. The number of benzene rings is 1. The standard InChI is InChI=1S/C28H30N8O2.C6H12.H2O/c1-36-14-11-22(12-15-36)33-27(38)24-17-31-28(35-25(24)29)34-21-5-2-18(3-6-21)4-7-23-16-19(10-13-30-23)26(37)32-20-8-9-20;1-2-4-6-5-3-1;/h2-3,5-6,10,13,16-17,20,22H,8-9,11-12,14-15H2,1H3,(H,32,37)(H,33,38)(H3,29,31,34,35);1-6H2;1H2. The molecule has 7 N–H and O–H groups in total. The van der Waals surface area contributed by atoms with Crippen molar-refractivity contribution in [1.29, 1.82) is 0 Å².